The van der Waals surface area contributed by atoms with Crippen molar-refractivity contribution in [2.45, 2.75) is 33.1 Å². The molecule has 0 bridgehead atoms. The van der Waals surface area contributed by atoms with Gasteiger partial charge in [-0.1, -0.05) is 19.9 Å². The van der Waals surface area contributed by atoms with Gasteiger partial charge < -0.3 is 0 Å². The van der Waals surface area contributed by atoms with Crippen LogP contribution in [0.2, 0.25) is 0 Å². The Morgan fingerprint density at radius 3 is 2.58 bits per heavy atom. The first kappa shape index (κ1) is 9.24. The van der Waals surface area contributed by atoms with Crippen LogP contribution >= 0.6 is 0 Å². The van der Waals surface area contributed by atoms with E-state index in [-0.39, 0.29) is 5.82 Å². The maximum atomic E-state index is 12.7. The summed E-state index contributed by atoms with van der Waals surface area (Å²) in [7, 11) is 0. The third-order valence-electron chi connectivity index (χ3n) is 2.38. The van der Waals surface area contributed by atoms with Crippen molar-refractivity contribution in [3.8, 4) is 0 Å². The van der Waals surface area contributed by atoms with Gasteiger partial charge in [-0.05, 0) is 42.5 Å². The highest BCUT2D eigenvalue weighted by Gasteiger charge is 2.05. The molecule has 0 aliphatic rings. The molecule has 0 heterocycles. The third-order valence-corrected chi connectivity index (χ3v) is 2.38. The normalized spacial score (nSPS) is 13.0. The summed E-state index contributed by atoms with van der Waals surface area (Å²) in [5, 5.41) is 0. The zero-order chi connectivity index (χ0) is 9.14. The van der Waals surface area contributed by atoms with Crippen LogP contribution in [-0.4, -0.2) is 0 Å². The van der Waals surface area contributed by atoms with E-state index in [0.29, 0.717) is 5.92 Å². The van der Waals surface area contributed by atoms with Gasteiger partial charge in [0.05, 0.1) is 0 Å². The number of aryl methyl sites for hydroxylation is 1. The van der Waals surface area contributed by atoms with Gasteiger partial charge in [0.15, 0.2) is 0 Å². The molecule has 66 valence electrons. The van der Waals surface area contributed by atoms with Crippen LogP contribution in [0.4, 0.5) is 4.39 Å². The molecule has 1 atom stereocenters. The van der Waals surface area contributed by atoms with Crippen LogP contribution in [0.15, 0.2) is 18.2 Å². The summed E-state index contributed by atoms with van der Waals surface area (Å²) < 4.78 is 12.7. The molecular weight excluding hydrogens is 151 g/mol. The third kappa shape index (κ3) is 1.84. The Hall–Kier alpha value is -0.850. The molecule has 0 saturated carbocycles. The number of halogens is 1. The van der Waals surface area contributed by atoms with Gasteiger partial charge in [0.2, 0.25) is 0 Å². The maximum Gasteiger partial charge on any atom is 0.123 e. The number of hydrogen-bond acceptors (Lipinski definition) is 0. The number of rotatable bonds is 2. The molecule has 0 aromatic heterocycles. The second kappa shape index (κ2) is 3.70. The fourth-order valence-corrected chi connectivity index (χ4v) is 1.41. The first-order valence-electron chi connectivity index (χ1n) is 4.41. The molecule has 1 aromatic rings. The zero-order valence-corrected chi connectivity index (χ0v) is 7.89. The van der Waals surface area contributed by atoms with Gasteiger partial charge in [0.25, 0.3) is 0 Å². The quantitative estimate of drug-likeness (QED) is 0.629. The van der Waals surface area contributed by atoms with Gasteiger partial charge in [0, 0.05) is 0 Å². The van der Waals surface area contributed by atoms with E-state index in [1.807, 2.05) is 13.0 Å². The van der Waals surface area contributed by atoms with Crippen LogP contribution in [0.5, 0.6) is 0 Å². The highest BCUT2D eigenvalue weighted by molar-refractivity contribution is 5.29. The molecule has 0 aliphatic heterocycles. The SMILES string of the molecule is CC[C@H](C)c1ccc(F)cc1C. The first-order valence-corrected chi connectivity index (χ1v) is 4.41. The molecule has 1 aromatic carbocycles. The molecule has 0 aliphatic carbocycles. The van der Waals surface area contributed by atoms with Crippen molar-refractivity contribution in [2.24, 2.45) is 0 Å². The minimum absolute atomic E-state index is 0.139. The van der Waals surface area contributed by atoms with E-state index >= 15 is 0 Å². The fraction of sp³-hybridized carbons (Fsp3) is 0.455. The summed E-state index contributed by atoms with van der Waals surface area (Å²) >= 11 is 0. The monoisotopic (exact) mass is 166 g/mol. The van der Waals surface area contributed by atoms with E-state index in [9.17, 15) is 4.39 Å². The largest absolute Gasteiger partial charge is 0.207 e. The molecule has 1 heteroatoms. The van der Waals surface area contributed by atoms with Crippen molar-refractivity contribution in [1.29, 1.82) is 0 Å². The molecule has 0 unspecified atom stereocenters. The smallest absolute Gasteiger partial charge is 0.123 e. The number of benzene rings is 1. The molecule has 0 amide bonds. The van der Waals surface area contributed by atoms with Gasteiger partial charge in [-0.2, -0.15) is 0 Å². The zero-order valence-electron chi connectivity index (χ0n) is 7.89. The Balaban J connectivity index is 3.01. The summed E-state index contributed by atoms with van der Waals surface area (Å²) in [4.78, 5) is 0. The van der Waals surface area contributed by atoms with Crippen LogP contribution in [0, 0.1) is 12.7 Å². The van der Waals surface area contributed by atoms with Crippen molar-refractivity contribution in [1.82, 2.24) is 0 Å². The lowest BCUT2D eigenvalue weighted by atomic mass is 9.94. The molecule has 0 nitrogen and oxygen atoms in total. The van der Waals surface area contributed by atoms with Crippen molar-refractivity contribution in [3.63, 3.8) is 0 Å². The predicted molar refractivity (Wildman–Crippen MR) is 49.8 cm³/mol. The van der Waals surface area contributed by atoms with Crippen molar-refractivity contribution >= 4 is 0 Å². The van der Waals surface area contributed by atoms with Crippen molar-refractivity contribution in [2.75, 3.05) is 0 Å². The summed E-state index contributed by atoms with van der Waals surface area (Å²) in [6.45, 7) is 6.28. The molecular formula is C11H15F. The highest BCUT2D eigenvalue weighted by Crippen LogP contribution is 2.22. The molecule has 12 heavy (non-hydrogen) atoms. The Morgan fingerprint density at radius 1 is 1.42 bits per heavy atom. The second-order valence-electron chi connectivity index (χ2n) is 3.31. The Morgan fingerprint density at radius 2 is 2.08 bits per heavy atom. The van der Waals surface area contributed by atoms with Crippen LogP contribution in [-0.2, 0) is 0 Å². The van der Waals surface area contributed by atoms with E-state index in [2.05, 4.69) is 13.8 Å². The molecule has 0 spiro atoms. The molecule has 0 radical (unpaired) electrons. The lowest BCUT2D eigenvalue weighted by Crippen LogP contribution is -1.95. The summed E-state index contributed by atoms with van der Waals surface area (Å²) in [6, 6.07) is 5.02. The van der Waals surface area contributed by atoms with Crippen LogP contribution in [0.3, 0.4) is 0 Å². The summed E-state index contributed by atoms with van der Waals surface area (Å²) in [6.07, 6.45) is 1.10. The summed E-state index contributed by atoms with van der Waals surface area (Å²) in [5.41, 5.74) is 2.32. The van der Waals surface area contributed by atoms with Gasteiger partial charge in [-0.3, -0.25) is 0 Å². The van der Waals surface area contributed by atoms with Gasteiger partial charge in [-0.25, -0.2) is 4.39 Å². The van der Waals surface area contributed by atoms with E-state index in [1.54, 1.807) is 6.07 Å². The minimum atomic E-state index is -0.139. The maximum absolute atomic E-state index is 12.7. The van der Waals surface area contributed by atoms with E-state index in [1.165, 1.54) is 11.6 Å². The lowest BCUT2D eigenvalue weighted by molar-refractivity contribution is 0.623. The average Bonchev–Trinajstić information content (AvgIpc) is 2.03. The minimum Gasteiger partial charge on any atom is -0.207 e. The van der Waals surface area contributed by atoms with Crippen molar-refractivity contribution in [3.05, 3.63) is 35.1 Å². The standard InChI is InChI=1S/C11H15F/c1-4-8(2)11-6-5-10(12)7-9(11)3/h5-8H,4H2,1-3H3/t8-/m0/s1. The fourth-order valence-electron chi connectivity index (χ4n) is 1.41. The van der Waals surface area contributed by atoms with Crippen LogP contribution in [0.25, 0.3) is 0 Å². The van der Waals surface area contributed by atoms with E-state index in [4.69, 9.17) is 0 Å². The van der Waals surface area contributed by atoms with E-state index in [0.717, 1.165) is 12.0 Å². The predicted octanol–water partition coefficient (Wildman–Crippen LogP) is 3.65. The van der Waals surface area contributed by atoms with Crippen LogP contribution in [0.1, 0.15) is 37.3 Å². The first-order chi connectivity index (χ1) is 5.65. The topological polar surface area (TPSA) is 0 Å². The van der Waals surface area contributed by atoms with Crippen LogP contribution < -0.4 is 0 Å². The highest BCUT2D eigenvalue weighted by atomic mass is 19.1. The molecule has 0 saturated heterocycles. The van der Waals surface area contributed by atoms with E-state index < -0.39 is 0 Å². The Labute approximate surface area is 73.4 Å². The Bertz CT molecular complexity index is 266. The number of hydrogen-bond donors (Lipinski definition) is 0. The average molecular weight is 166 g/mol. The second-order valence-corrected chi connectivity index (χ2v) is 3.31. The lowest BCUT2D eigenvalue weighted by Gasteiger charge is -2.11. The van der Waals surface area contributed by atoms with Gasteiger partial charge in [-0.15, -0.1) is 0 Å². The van der Waals surface area contributed by atoms with Gasteiger partial charge >= 0.3 is 0 Å². The van der Waals surface area contributed by atoms with Gasteiger partial charge in [0.1, 0.15) is 5.82 Å². The molecule has 0 N–H and O–H groups in total. The Kier molecular flexibility index (Phi) is 2.85. The molecule has 1 rings (SSSR count). The summed E-state index contributed by atoms with van der Waals surface area (Å²) in [5.74, 6) is 0.394. The molecule has 0 fully saturated rings. The van der Waals surface area contributed by atoms with Crippen molar-refractivity contribution < 1.29 is 4.39 Å².